The van der Waals surface area contributed by atoms with Crippen LogP contribution in [0.15, 0.2) is 41.7 Å². The second-order valence-corrected chi connectivity index (χ2v) is 8.30. The number of alkyl halides is 3. The lowest BCUT2D eigenvalue weighted by Gasteiger charge is -2.38. The van der Waals surface area contributed by atoms with Crippen LogP contribution in [0.4, 0.5) is 19.0 Å². The van der Waals surface area contributed by atoms with Crippen molar-refractivity contribution >= 4 is 23.1 Å². The molecule has 1 fully saturated rings. The molecule has 5 rings (SSSR count). The molecule has 1 N–H and O–H groups in total. The molecule has 1 aliphatic heterocycles. The molecule has 0 radical (unpaired) electrons. The van der Waals surface area contributed by atoms with Gasteiger partial charge >= 0.3 is 6.18 Å². The summed E-state index contributed by atoms with van der Waals surface area (Å²) in [5.41, 5.74) is 1.86. The average molecular weight is 428 g/mol. The van der Waals surface area contributed by atoms with Crippen molar-refractivity contribution in [2.75, 3.05) is 13.2 Å². The lowest BCUT2D eigenvalue weighted by molar-refractivity contribution is -0.140. The molecule has 0 saturated carbocycles. The predicted octanol–water partition coefficient (Wildman–Crippen LogP) is 5.45. The molecule has 8 heteroatoms. The normalized spacial score (nSPS) is 22.8. The van der Waals surface area contributed by atoms with Crippen LogP contribution in [0.3, 0.4) is 0 Å². The van der Waals surface area contributed by atoms with Gasteiger partial charge < -0.3 is 9.72 Å². The molecule has 2 aliphatic rings. The van der Waals surface area contributed by atoms with E-state index in [4.69, 9.17) is 4.74 Å². The van der Waals surface area contributed by atoms with Crippen LogP contribution in [0.2, 0.25) is 0 Å². The summed E-state index contributed by atoms with van der Waals surface area (Å²) in [4.78, 5) is 15.0. The Labute approximate surface area is 177 Å². The van der Waals surface area contributed by atoms with Crippen LogP contribution in [0.1, 0.15) is 42.0 Å². The highest BCUT2D eigenvalue weighted by Crippen LogP contribution is 2.43. The van der Waals surface area contributed by atoms with Crippen molar-refractivity contribution in [1.82, 2.24) is 15.0 Å². The molecule has 162 valence electrons. The molecule has 2 aromatic heterocycles. The SMILES string of the molecule is FC(F)(F)c1cc2c(N=CC3c4ccccc4CC[C@@H]3C3CCOCC3)ncnc2[nH]1. The lowest BCUT2D eigenvalue weighted by atomic mass is 9.68. The Balaban J connectivity index is 1.52. The van der Waals surface area contributed by atoms with Crippen LogP contribution >= 0.6 is 0 Å². The minimum Gasteiger partial charge on any atom is -0.381 e. The van der Waals surface area contributed by atoms with Gasteiger partial charge in [-0.15, -0.1) is 0 Å². The summed E-state index contributed by atoms with van der Waals surface area (Å²) < 4.78 is 44.9. The third-order valence-electron chi connectivity index (χ3n) is 6.56. The van der Waals surface area contributed by atoms with Crippen molar-refractivity contribution in [3.63, 3.8) is 0 Å². The third kappa shape index (κ3) is 3.96. The zero-order valence-electron chi connectivity index (χ0n) is 16.9. The van der Waals surface area contributed by atoms with Crippen molar-refractivity contribution < 1.29 is 17.9 Å². The summed E-state index contributed by atoms with van der Waals surface area (Å²) >= 11 is 0. The number of benzene rings is 1. The fraction of sp³-hybridized carbons (Fsp3) is 0.435. The van der Waals surface area contributed by atoms with E-state index in [1.54, 1.807) is 0 Å². The fourth-order valence-electron chi connectivity index (χ4n) is 5.02. The van der Waals surface area contributed by atoms with Gasteiger partial charge in [0.15, 0.2) is 5.82 Å². The van der Waals surface area contributed by atoms with E-state index >= 15 is 0 Å². The summed E-state index contributed by atoms with van der Waals surface area (Å²) in [6, 6.07) is 9.42. The molecule has 0 spiro atoms. The number of nitrogens with zero attached hydrogens (tertiary/aromatic N) is 3. The number of aromatic amines is 1. The smallest absolute Gasteiger partial charge is 0.381 e. The zero-order valence-corrected chi connectivity index (χ0v) is 16.9. The highest BCUT2D eigenvalue weighted by atomic mass is 19.4. The van der Waals surface area contributed by atoms with Crippen molar-refractivity contribution in [3.05, 3.63) is 53.5 Å². The Morgan fingerprint density at radius 1 is 1.10 bits per heavy atom. The van der Waals surface area contributed by atoms with Crippen molar-refractivity contribution in [1.29, 1.82) is 0 Å². The maximum atomic E-state index is 13.1. The average Bonchev–Trinajstić information content (AvgIpc) is 3.24. The number of aliphatic imine (C=N–C) groups is 1. The van der Waals surface area contributed by atoms with Gasteiger partial charge in [-0.05, 0) is 54.7 Å². The number of nitrogens with one attached hydrogen (secondary N) is 1. The van der Waals surface area contributed by atoms with Crippen molar-refractivity contribution in [2.45, 2.75) is 37.8 Å². The van der Waals surface area contributed by atoms with Gasteiger partial charge in [-0.25, -0.2) is 15.0 Å². The Morgan fingerprint density at radius 3 is 2.71 bits per heavy atom. The summed E-state index contributed by atoms with van der Waals surface area (Å²) in [6.45, 7) is 1.56. The van der Waals surface area contributed by atoms with E-state index in [1.165, 1.54) is 17.5 Å². The van der Waals surface area contributed by atoms with Crippen LogP contribution in [0.5, 0.6) is 0 Å². The van der Waals surface area contributed by atoms with E-state index in [1.807, 2.05) is 18.3 Å². The molecule has 31 heavy (non-hydrogen) atoms. The molecule has 1 aromatic carbocycles. The van der Waals surface area contributed by atoms with Gasteiger partial charge in [-0.3, -0.25) is 0 Å². The van der Waals surface area contributed by atoms with Crippen molar-refractivity contribution in [3.8, 4) is 0 Å². The Kier molecular flexibility index (Phi) is 5.25. The van der Waals surface area contributed by atoms with Crippen LogP contribution in [-0.2, 0) is 17.3 Å². The van der Waals surface area contributed by atoms with Gasteiger partial charge in [-0.1, -0.05) is 24.3 Å². The van der Waals surface area contributed by atoms with E-state index in [2.05, 4.69) is 32.1 Å². The standard InChI is InChI=1S/C23H23F3N4O/c24-23(25,26)20-11-18-21(28-13-29-22(18)30-20)27-12-19-16-4-2-1-3-14(16)5-6-17(19)15-7-9-31-10-8-15/h1-4,11-13,15,17,19H,5-10H2,(H,28,29,30)/t17-,19?/m1/s1. The number of hydrogen-bond donors (Lipinski definition) is 1. The number of hydrogen-bond acceptors (Lipinski definition) is 4. The van der Waals surface area contributed by atoms with Crippen LogP contribution < -0.4 is 0 Å². The first-order valence-corrected chi connectivity index (χ1v) is 10.6. The topological polar surface area (TPSA) is 63.2 Å². The molecule has 0 amide bonds. The molecule has 1 unspecified atom stereocenters. The fourth-order valence-corrected chi connectivity index (χ4v) is 5.02. The first-order valence-electron chi connectivity index (χ1n) is 10.6. The van der Waals surface area contributed by atoms with Gasteiger partial charge in [0.1, 0.15) is 17.7 Å². The van der Waals surface area contributed by atoms with Crippen molar-refractivity contribution in [2.24, 2.45) is 16.8 Å². The largest absolute Gasteiger partial charge is 0.431 e. The highest BCUT2D eigenvalue weighted by molar-refractivity contribution is 5.88. The first kappa shape index (κ1) is 20.2. The molecule has 0 bridgehead atoms. The van der Waals surface area contributed by atoms with E-state index in [-0.39, 0.29) is 22.8 Å². The predicted molar refractivity (Wildman–Crippen MR) is 112 cm³/mol. The highest BCUT2D eigenvalue weighted by Gasteiger charge is 2.35. The second kappa shape index (κ2) is 8.07. The molecule has 1 aliphatic carbocycles. The van der Waals surface area contributed by atoms with Crippen LogP contribution in [0, 0.1) is 11.8 Å². The molecule has 1 saturated heterocycles. The first-order chi connectivity index (χ1) is 15.0. The summed E-state index contributed by atoms with van der Waals surface area (Å²) in [7, 11) is 0. The van der Waals surface area contributed by atoms with E-state index in [0.29, 0.717) is 11.8 Å². The van der Waals surface area contributed by atoms with Gasteiger partial charge in [0.25, 0.3) is 0 Å². The molecular weight excluding hydrogens is 405 g/mol. The second-order valence-electron chi connectivity index (χ2n) is 8.30. The Bertz CT molecular complexity index is 1100. The van der Waals surface area contributed by atoms with E-state index in [0.717, 1.165) is 45.0 Å². The summed E-state index contributed by atoms with van der Waals surface area (Å²) in [6.07, 6.45) is 2.82. The number of ether oxygens (including phenoxy) is 1. The molecular formula is C23H23F3N4O. The molecule has 3 aromatic rings. The quantitative estimate of drug-likeness (QED) is 0.564. The maximum Gasteiger partial charge on any atom is 0.431 e. The maximum absolute atomic E-state index is 13.1. The number of aromatic nitrogens is 3. The third-order valence-corrected chi connectivity index (χ3v) is 6.56. The number of H-pyrrole nitrogens is 1. The van der Waals surface area contributed by atoms with Gasteiger partial charge in [-0.2, -0.15) is 13.2 Å². The molecule has 5 nitrogen and oxygen atoms in total. The number of rotatable bonds is 3. The Hall–Kier alpha value is -2.74. The Morgan fingerprint density at radius 2 is 1.90 bits per heavy atom. The lowest BCUT2D eigenvalue weighted by Crippen LogP contribution is -2.32. The van der Waals surface area contributed by atoms with Crippen LogP contribution in [-0.4, -0.2) is 34.4 Å². The van der Waals surface area contributed by atoms with E-state index in [9.17, 15) is 13.2 Å². The minimum absolute atomic E-state index is 0.0964. The van der Waals surface area contributed by atoms with Gasteiger partial charge in [0.2, 0.25) is 0 Å². The molecule has 3 heterocycles. The number of fused-ring (bicyclic) bond motifs is 2. The number of aryl methyl sites for hydroxylation is 1. The molecule has 2 atom stereocenters. The number of halogens is 3. The van der Waals surface area contributed by atoms with Crippen LogP contribution in [0.25, 0.3) is 11.0 Å². The van der Waals surface area contributed by atoms with Gasteiger partial charge in [0.05, 0.1) is 5.39 Å². The monoisotopic (exact) mass is 428 g/mol. The zero-order chi connectivity index (χ0) is 21.4. The minimum atomic E-state index is -4.47. The van der Waals surface area contributed by atoms with Gasteiger partial charge in [0, 0.05) is 25.3 Å². The summed E-state index contributed by atoms with van der Waals surface area (Å²) in [5.74, 6) is 1.33. The summed E-state index contributed by atoms with van der Waals surface area (Å²) in [5, 5.41) is 0.276. The van der Waals surface area contributed by atoms with E-state index < -0.39 is 11.9 Å².